The molecular weight excluding hydrogens is 268 g/mol. The smallest absolute Gasteiger partial charge is 0.335 e. The summed E-state index contributed by atoms with van der Waals surface area (Å²) in [6.45, 7) is 3.93. The molecule has 4 N–H and O–H groups in total. The van der Waals surface area contributed by atoms with Crippen molar-refractivity contribution in [1.82, 2.24) is 0 Å². The van der Waals surface area contributed by atoms with Gasteiger partial charge in [0.2, 0.25) is 5.91 Å². The number of benzene rings is 1. The van der Waals surface area contributed by atoms with E-state index in [1.54, 1.807) is 0 Å². The Hall–Kier alpha value is -1.59. The molecule has 5 nitrogen and oxygen atoms in total. The van der Waals surface area contributed by atoms with Gasteiger partial charge in [0.1, 0.15) is 0 Å². The lowest BCUT2D eigenvalue weighted by molar-refractivity contribution is -0.117. The van der Waals surface area contributed by atoms with Gasteiger partial charge in [0.15, 0.2) is 0 Å². The summed E-state index contributed by atoms with van der Waals surface area (Å²) in [4.78, 5) is 22.7. The molecule has 104 valence electrons. The van der Waals surface area contributed by atoms with Crippen LogP contribution in [0.2, 0.25) is 5.02 Å². The number of halogens is 1. The molecule has 0 saturated carbocycles. The molecule has 1 amide bonds. The molecule has 0 radical (unpaired) electrons. The van der Waals surface area contributed by atoms with Crippen LogP contribution < -0.4 is 11.1 Å². The van der Waals surface area contributed by atoms with E-state index in [1.807, 2.05) is 13.8 Å². The number of anilines is 1. The van der Waals surface area contributed by atoms with Gasteiger partial charge in [-0.1, -0.05) is 25.4 Å². The highest BCUT2D eigenvalue weighted by molar-refractivity contribution is 6.31. The minimum absolute atomic E-state index is 0.0141. The van der Waals surface area contributed by atoms with E-state index in [0.29, 0.717) is 18.0 Å². The number of aromatic carboxylic acids is 1. The zero-order valence-corrected chi connectivity index (χ0v) is 11.6. The van der Waals surface area contributed by atoms with Gasteiger partial charge in [0.05, 0.1) is 11.6 Å². The Balaban J connectivity index is 2.82. The van der Waals surface area contributed by atoms with Gasteiger partial charge in [0, 0.05) is 10.7 Å². The van der Waals surface area contributed by atoms with Crippen LogP contribution in [0, 0.1) is 5.92 Å². The lowest BCUT2D eigenvalue weighted by Gasteiger charge is -2.14. The Labute approximate surface area is 116 Å². The first kappa shape index (κ1) is 15.5. The number of carbonyl (C=O) groups is 2. The van der Waals surface area contributed by atoms with Crippen LogP contribution in [0.1, 0.15) is 30.6 Å². The number of hydrogen-bond acceptors (Lipinski definition) is 3. The SMILES string of the molecule is CC(C)C[C@H](N)C(=O)Nc1cc(Cl)cc(C(=O)O)c1. The van der Waals surface area contributed by atoms with Gasteiger partial charge in [-0.15, -0.1) is 0 Å². The van der Waals surface area contributed by atoms with E-state index in [2.05, 4.69) is 5.32 Å². The average Bonchev–Trinajstić information content (AvgIpc) is 2.26. The first-order valence-corrected chi connectivity index (χ1v) is 6.27. The molecule has 0 spiro atoms. The first-order chi connectivity index (χ1) is 8.79. The number of hydrogen-bond donors (Lipinski definition) is 3. The lowest BCUT2D eigenvalue weighted by Crippen LogP contribution is -2.36. The minimum Gasteiger partial charge on any atom is -0.478 e. The van der Waals surface area contributed by atoms with Gasteiger partial charge < -0.3 is 16.2 Å². The van der Waals surface area contributed by atoms with Gasteiger partial charge in [0.25, 0.3) is 0 Å². The van der Waals surface area contributed by atoms with E-state index in [4.69, 9.17) is 22.4 Å². The standard InChI is InChI=1S/C13H17ClN2O3/c1-7(2)3-11(15)12(17)16-10-5-8(13(18)19)4-9(14)6-10/h4-7,11H,3,15H2,1-2H3,(H,16,17)(H,18,19)/t11-/m0/s1. The highest BCUT2D eigenvalue weighted by Gasteiger charge is 2.16. The summed E-state index contributed by atoms with van der Waals surface area (Å²) >= 11 is 5.80. The Morgan fingerprint density at radius 2 is 2.00 bits per heavy atom. The van der Waals surface area contributed by atoms with Crippen LogP contribution in [-0.4, -0.2) is 23.0 Å². The maximum absolute atomic E-state index is 11.8. The van der Waals surface area contributed by atoms with Crippen molar-refractivity contribution in [2.45, 2.75) is 26.3 Å². The van der Waals surface area contributed by atoms with Crippen LogP contribution in [-0.2, 0) is 4.79 Å². The summed E-state index contributed by atoms with van der Waals surface area (Å²) in [7, 11) is 0. The molecule has 1 aromatic rings. The molecule has 0 unspecified atom stereocenters. The van der Waals surface area contributed by atoms with Crippen LogP contribution in [0.15, 0.2) is 18.2 Å². The monoisotopic (exact) mass is 284 g/mol. The van der Waals surface area contributed by atoms with Crippen LogP contribution in [0.3, 0.4) is 0 Å². The number of rotatable bonds is 5. The van der Waals surface area contributed by atoms with E-state index in [-0.39, 0.29) is 16.5 Å². The second-order valence-corrected chi connectivity index (χ2v) is 5.20. The van der Waals surface area contributed by atoms with Crippen molar-refractivity contribution >= 4 is 29.2 Å². The second kappa shape index (κ2) is 6.54. The largest absolute Gasteiger partial charge is 0.478 e. The van der Waals surface area contributed by atoms with Crippen LogP contribution in [0.5, 0.6) is 0 Å². The van der Waals surface area contributed by atoms with E-state index in [1.165, 1.54) is 18.2 Å². The Morgan fingerprint density at radius 1 is 1.37 bits per heavy atom. The van der Waals surface area contributed by atoms with Gasteiger partial charge in [-0.05, 0) is 30.5 Å². The fourth-order valence-electron chi connectivity index (χ4n) is 1.64. The molecule has 0 fully saturated rings. The van der Waals surface area contributed by atoms with Crippen molar-refractivity contribution in [2.75, 3.05) is 5.32 Å². The number of nitrogens with one attached hydrogen (secondary N) is 1. The number of amides is 1. The van der Waals surface area contributed by atoms with E-state index in [0.717, 1.165) is 0 Å². The third kappa shape index (κ3) is 4.89. The van der Waals surface area contributed by atoms with Crippen LogP contribution in [0.4, 0.5) is 5.69 Å². The van der Waals surface area contributed by atoms with Crippen LogP contribution in [0.25, 0.3) is 0 Å². The molecule has 0 aliphatic heterocycles. The Kier molecular flexibility index (Phi) is 5.32. The van der Waals surface area contributed by atoms with E-state index in [9.17, 15) is 9.59 Å². The normalized spacial score (nSPS) is 12.3. The maximum Gasteiger partial charge on any atom is 0.335 e. The molecule has 19 heavy (non-hydrogen) atoms. The van der Waals surface area contributed by atoms with Crippen molar-refractivity contribution < 1.29 is 14.7 Å². The zero-order valence-electron chi connectivity index (χ0n) is 10.8. The summed E-state index contributed by atoms with van der Waals surface area (Å²) in [6.07, 6.45) is 0.554. The fourth-order valence-corrected chi connectivity index (χ4v) is 1.87. The summed E-state index contributed by atoms with van der Waals surface area (Å²) in [5, 5.41) is 11.7. The highest BCUT2D eigenvalue weighted by Crippen LogP contribution is 2.19. The molecular formula is C13H17ClN2O3. The molecule has 0 aromatic heterocycles. The van der Waals surface area contributed by atoms with Crippen molar-refractivity contribution in [3.8, 4) is 0 Å². The van der Waals surface area contributed by atoms with Gasteiger partial charge in [-0.3, -0.25) is 4.79 Å². The predicted octanol–water partition coefficient (Wildman–Crippen LogP) is 2.35. The van der Waals surface area contributed by atoms with Gasteiger partial charge in [-0.25, -0.2) is 4.79 Å². The summed E-state index contributed by atoms with van der Waals surface area (Å²) < 4.78 is 0. The zero-order chi connectivity index (χ0) is 14.6. The molecule has 0 aliphatic carbocycles. The van der Waals surface area contributed by atoms with Crippen molar-refractivity contribution in [3.05, 3.63) is 28.8 Å². The van der Waals surface area contributed by atoms with E-state index < -0.39 is 12.0 Å². The fraction of sp³-hybridized carbons (Fsp3) is 0.385. The molecule has 0 saturated heterocycles. The van der Waals surface area contributed by atoms with Crippen molar-refractivity contribution in [1.29, 1.82) is 0 Å². The summed E-state index contributed by atoms with van der Waals surface area (Å²) in [6, 6.07) is 3.50. The van der Waals surface area contributed by atoms with Gasteiger partial charge >= 0.3 is 5.97 Å². The lowest BCUT2D eigenvalue weighted by atomic mass is 10.0. The number of carbonyl (C=O) groups excluding carboxylic acids is 1. The molecule has 1 atom stereocenters. The van der Waals surface area contributed by atoms with Crippen LogP contribution >= 0.6 is 11.6 Å². The molecule has 1 rings (SSSR count). The van der Waals surface area contributed by atoms with Crippen molar-refractivity contribution in [3.63, 3.8) is 0 Å². The minimum atomic E-state index is -1.11. The Morgan fingerprint density at radius 3 is 2.53 bits per heavy atom. The van der Waals surface area contributed by atoms with Crippen molar-refractivity contribution in [2.24, 2.45) is 11.7 Å². The number of carboxylic acids is 1. The average molecular weight is 285 g/mol. The third-order valence-corrected chi connectivity index (χ3v) is 2.69. The molecule has 0 aliphatic rings. The second-order valence-electron chi connectivity index (χ2n) is 4.76. The number of nitrogens with two attached hydrogens (primary N) is 1. The summed E-state index contributed by atoms with van der Waals surface area (Å²) in [5.41, 5.74) is 6.08. The van der Waals surface area contributed by atoms with E-state index >= 15 is 0 Å². The highest BCUT2D eigenvalue weighted by atomic mass is 35.5. The third-order valence-electron chi connectivity index (χ3n) is 2.47. The summed E-state index contributed by atoms with van der Waals surface area (Å²) in [5.74, 6) is -1.16. The molecule has 0 bridgehead atoms. The Bertz CT molecular complexity index is 489. The molecule has 1 aromatic carbocycles. The van der Waals surface area contributed by atoms with Gasteiger partial charge in [-0.2, -0.15) is 0 Å². The number of carboxylic acid groups (broad SMARTS) is 1. The molecule has 6 heteroatoms. The topological polar surface area (TPSA) is 92.4 Å². The predicted molar refractivity (Wildman–Crippen MR) is 74.5 cm³/mol. The first-order valence-electron chi connectivity index (χ1n) is 5.90. The molecule has 0 heterocycles. The quantitative estimate of drug-likeness (QED) is 0.774. The maximum atomic E-state index is 11.8.